The Morgan fingerprint density at radius 2 is 2.12 bits per heavy atom. The minimum atomic E-state index is 0.677. The molecule has 2 rings (SSSR count). The predicted molar refractivity (Wildman–Crippen MR) is 69.8 cm³/mol. The molecule has 0 bridgehead atoms. The van der Waals surface area contributed by atoms with Gasteiger partial charge < -0.3 is 11.1 Å². The third kappa shape index (κ3) is 3.17. The summed E-state index contributed by atoms with van der Waals surface area (Å²) >= 11 is 0. The van der Waals surface area contributed by atoms with Gasteiger partial charge in [-0.05, 0) is 31.2 Å². The number of rotatable bonds is 4. The van der Waals surface area contributed by atoms with Crippen LogP contribution in [-0.2, 0) is 6.42 Å². The Kier molecular flexibility index (Phi) is 3.55. The second kappa shape index (κ2) is 5.30. The largest absolute Gasteiger partial charge is 0.396 e. The van der Waals surface area contributed by atoms with Crippen molar-refractivity contribution in [3.63, 3.8) is 0 Å². The Morgan fingerprint density at radius 3 is 2.88 bits per heavy atom. The molecule has 0 aliphatic rings. The molecule has 88 valence electrons. The van der Waals surface area contributed by atoms with E-state index in [1.54, 1.807) is 6.20 Å². The number of hydrogen-bond donors (Lipinski definition) is 2. The molecule has 0 aromatic carbocycles. The molecule has 2 aromatic rings. The van der Waals surface area contributed by atoms with E-state index in [-0.39, 0.29) is 0 Å². The Labute approximate surface area is 101 Å². The lowest BCUT2D eigenvalue weighted by atomic mass is 10.2. The zero-order chi connectivity index (χ0) is 12.1. The molecule has 0 radical (unpaired) electrons. The Hall–Kier alpha value is -2.10. The highest BCUT2D eigenvalue weighted by Gasteiger charge is 2.00. The third-order valence-corrected chi connectivity index (χ3v) is 2.47. The molecule has 0 fully saturated rings. The molecule has 2 aromatic heterocycles. The van der Waals surface area contributed by atoms with Crippen molar-refractivity contribution in [2.45, 2.75) is 13.3 Å². The van der Waals surface area contributed by atoms with E-state index in [2.05, 4.69) is 15.3 Å². The Bertz CT molecular complexity index is 482. The van der Waals surface area contributed by atoms with E-state index >= 15 is 0 Å². The molecule has 2 heterocycles. The predicted octanol–water partition coefficient (Wildman–Crippen LogP) is 2.02. The van der Waals surface area contributed by atoms with Crippen LogP contribution in [0.4, 0.5) is 11.5 Å². The fraction of sp³-hybridized carbons (Fsp3) is 0.231. The zero-order valence-electron chi connectivity index (χ0n) is 9.85. The molecule has 0 atom stereocenters. The molecule has 17 heavy (non-hydrogen) atoms. The van der Waals surface area contributed by atoms with Gasteiger partial charge in [0.25, 0.3) is 0 Å². The molecule has 0 spiro atoms. The maximum Gasteiger partial charge on any atom is 0.149 e. The summed E-state index contributed by atoms with van der Waals surface area (Å²) in [5, 5.41) is 3.23. The standard InChI is InChI=1S/C13H16N4/c1-10-5-6-12(14)13(17-10)16-9-7-11-4-2-3-8-15-11/h2-6,8H,7,9,14H2,1H3,(H,16,17). The van der Waals surface area contributed by atoms with Gasteiger partial charge in [0.15, 0.2) is 0 Å². The van der Waals surface area contributed by atoms with Crippen LogP contribution in [0.3, 0.4) is 0 Å². The van der Waals surface area contributed by atoms with E-state index in [1.165, 1.54) is 0 Å². The van der Waals surface area contributed by atoms with E-state index < -0.39 is 0 Å². The molecular weight excluding hydrogens is 212 g/mol. The third-order valence-electron chi connectivity index (χ3n) is 2.47. The summed E-state index contributed by atoms with van der Waals surface area (Å²) in [6.45, 7) is 2.72. The number of pyridine rings is 2. The maximum absolute atomic E-state index is 5.83. The maximum atomic E-state index is 5.83. The number of nitrogens with one attached hydrogen (secondary N) is 1. The molecule has 0 unspecified atom stereocenters. The molecule has 0 amide bonds. The van der Waals surface area contributed by atoms with Crippen LogP contribution in [-0.4, -0.2) is 16.5 Å². The second-order valence-corrected chi connectivity index (χ2v) is 3.89. The number of hydrogen-bond acceptors (Lipinski definition) is 4. The van der Waals surface area contributed by atoms with Crippen molar-refractivity contribution >= 4 is 11.5 Å². The van der Waals surface area contributed by atoms with Gasteiger partial charge in [-0.3, -0.25) is 4.98 Å². The van der Waals surface area contributed by atoms with Crippen molar-refractivity contribution in [1.82, 2.24) is 9.97 Å². The number of nitrogens with two attached hydrogens (primary N) is 1. The molecule has 0 aliphatic heterocycles. The first-order chi connectivity index (χ1) is 8.25. The van der Waals surface area contributed by atoms with E-state index in [0.717, 1.165) is 30.2 Å². The average Bonchev–Trinajstić information content (AvgIpc) is 2.35. The summed E-state index contributed by atoms with van der Waals surface area (Å²) in [6, 6.07) is 9.68. The van der Waals surface area contributed by atoms with Crippen LogP contribution in [0.15, 0.2) is 36.5 Å². The highest BCUT2D eigenvalue weighted by atomic mass is 15.0. The fourth-order valence-corrected chi connectivity index (χ4v) is 1.56. The van der Waals surface area contributed by atoms with Crippen molar-refractivity contribution in [3.8, 4) is 0 Å². The SMILES string of the molecule is Cc1ccc(N)c(NCCc2ccccn2)n1. The first-order valence-corrected chi connectivity index (χ1v) is 5.62. The normalized spacial score (nSPS) is 10.2. The quantitative estimate of drug-likeness (QED) is 0.840. The van der Waals surface area contributed by atoms with E-state index in [0.29, 0.717) is 5.69 Å². The van der Waals surface area contributed by atoms with Gasteiger partial charge in [0.05, 0.1) is 5.69 Å². The molecule has 0 saturated heterocycles. The number of aryl methyl sites for hydroxylation is 1. The molecule has 3 N–H and O–H groups in total. The Morgan fingerprint density at radius 1 is 1.24 bits per heavy atom. The highest BCUT2D eigenvalue weighted by Crippen LogP contribution is 2.14. The monoisotopic (exact) mass is 228 g/mol. The van der Waals surface area contributed by atoms with Crippen molar-refractivity contribution in [3.05, 3.63) is 47.9 Å². The van der Waals surface area contributed by atoms with Crippen molar-refractivity contribution in [2.24, 2.45) is 0 Å². The minimum absolute atomic E-state index is 0.677. The lowest BCUT2D eigenvalue weighted by Crippen LogP contribution is -2.09. The molecule has 0 saturated carbocycles. The number of nitrogen functional groups attached to an aromatic ring is 1. The lowest BCUT2D eigenvalue weighted by Gasteiger charge is -2.08. The lowest BCUT2D eigenvalue weighted by molar-refractivity contribution is 0.952. The van der Waals surface area contributed by atoms with Crippen molar-refractivity contribution in [2.75, 3.05) is 17.6 Å². The van der Waals surface area contributed by atoms with Crippen molar-refractivity contribution in [1.29, 1.82) is 0 Å². The summed E-state index contributed by atoms with van der Waals surface area (Å²) in [5.41, 5.74) is 8.52. The van der Waals surface area contributed by atoms with Gasteiger partial charge in [-0.15, -0.1) is 0 Å². The zero-order valence-corrected chi connectivity index (χ0v) is 9.85. The van der Waals surface area contributed by atoms with Crippen LogP contribution >= 0.6 is 0 Å². The average molecular weight is 228 g/mol. The molecule has 4 heteroatoms. The first kappa shape index (κ1) is 11.4. The fourth-order valence-electron chi connectivity index (χ4n) is 1.56. The first-order valence-electron chi connectivity index (χ1n) is 5.62. The number of nitrogens with zero attached hydrogens (tertiary/aromatic N) is 2. The van der Waals surface area contributed by atoms with E-state index in [9.17, 15) is 0 Å². The highest BCUT2D eigenvalue weighted by molar-refractivity contribution is 5.61. The minimum Gasteiger partial charge on any atom is -0.396 e. The summed E-state index contributed by atoms with van der Waals surface area (Å²) < 4.78 is 0. The summed E-state index contributed by atoms with van der Waals surface area (Å²) in [6.07, 6.45) is 2.66. The molecule has 0 aliphatic carbocycles. The van der Waals surface area contributed by atoms with Crippen molar-refractivity contribution < 1.29 is 0 Å². The van der Waals surface area contributed by atoms with Gasteiger partial charge in [-0.25, -0.2) is 4.98 Å². The number of aromatic nitrogens is 2. The molecule has 4 nitrogen and oxygen atoms in total. The van der Waals surface area contributed by atoms with E-state index in [1.807, 2.05) is 37.3 Å². The van der Waals surface area contributed by atoms with Gasteiger partial charge in [0.2, 0.25) is 0 Å². The van der Waals surface area contributed by atoms with Crippen LogP contribution in [0.25, 0.3) is 0 Å². The second-order valence-electron chi connectivity index (χ2n) is 3.89. The van der Waals surface area contributed by atoms with Gasteiger partial charge in [-0.1, -0.05) is 6.07 Å². The summed E-state index contributed by atoms with van der Waals surface area (Å²) in [4.78, 5) is 8.61. The van der Waals surface area contributed by atoms with Crippen LogP contribution in [0.2, 0.25) is 0 Å². The van der Waals surface area contributed by atoms with Gasteiger partial charge in [-0.2, -0.15) is 0 Å². The van der Waals surface area contributed by atoms with Crippen LogP contribution in [0, 0.1) is 6.92 Å². The summed E-state index contributed by atoms with van der Waals surface area (Å²) in [5.74, 6) is 0.751. The number of anilines is 2. The van der Waals surface area contributed by atoms with Crippen LogP contribution < -0.4 is 11.1 Å². The van der Waals surface area contributed by atoms with Gasteiger partial charge >= 0.3 is 0 Å². The Balaban J connectivity index is 1.92. The van der Waals surface area contributed by atoms with Gasteiger partial charge in [0.1, 0.15) is 5.82 Å². The van der Waals surface area contributed by atoms with Crippen LogP contribution in [0.5, 0.6) is 0 Å². The van der Waals surface area contributed by atoms with Crippen LogP contribution in [0.1, 0.15) is 11.4 Å². The summed E-state index contributed by atoms with van der Waals surface area (Å²) in [7, 11) is 0. The topological polar surface area (TPSA) is 63.8 Å². The van der Waals surface area contributed by atoms with E-state index in [4.69, 9.17) is 5.73 Å². The molecular formula is C13H16N4. The smallest absolute Gasteiger partial charge is 0.149 e. The van der Waals surface area contributed by atoms with Gasteiger partial charge in [0, 0.05) is 30.6 Å².